The van der Waals surface area contributed by atoms with E-state index in [1.54, 1.807) is 32.4 Å². The zero-order valence-electron chi connectivity index (χ0n) is 25.0. The van der Waals surface area contributed by atoms with Gasteiger partial charge in [0.25, 0.3) is 0 Å². The molecule has 8 aliphatic rings. The number of carbonyl (C=O) groups excluding carboxylic acids is 1. The Morgan fingerprint density at radius 2 is 1.84 bits per heavy atom. The summed E-state index contributed by atoms with van der Waals surface area (Å²) in [7, 11) is 1.70. The molecule has 0 bridgehead atoms. The van der Waals surface area contributed by atoms with Crippen molar-refractivity contribution in [1.82, 2.24) is 29.1 Å². The third-order valence-corrected chi connectivity index (χ3v) is 14.2. The third-order valence-electron chi connectivity index (χ3n) is 14.2. The van der Waals surface area contributed by atoms with Crippen LogP contribution in [0.4, 0.5) is 4.39 Å². The van der Waals surface area contributed by atoms with E-state index in [9.17, 15) is 14.0 Å². The number of aryl methyl sites for hydroxylation is 2. The molecule has 3 aromatic rings. The highest BCUT2D eigenvalue weighted by atomic mass is 19.1. The van der Waals surface area contributed by atoms with Crippen LogP contribution in [-0.2, 0) is 21.5 Å². The monoisotopic (exact) mass is 582 g/mol. The van der Waals surface area contributed by atoms with Gasteiger partial charge in [0.05, 0.1) is 29.1 Å². The second kappa shape index (κ2) is 6.56. The van der Waals surface area contributed by atoms with Crippen LogP contribution in [-0.4, -0.2) is 62.1 Å². The molecule has 3 heterocycles. The van der Waals surface area contributed by atoms with E-state index < -0.39 is 0 Å². The van der Waals surface area contributed by atoms with E-state index in [-0.39, 0.29) is 34.5 Å². The predicted octanol–water partition coefficient (Wildman–Crippen LogP) is 2.48. The zero-order valence-corrected chi connectivity index (χ0v) is 25.0. The first-order valence-electron chi connectivity index (χ1n) is 15.9. The highest BCUT2D eigenvalue weighted by molar-refractivity contribution is 5.84. The molecule has 1 amide bonds. The van der Waals surface area contributed by atoms with Gasteiger partial charge in [-0.1, -0.05) is 0 Å². The maximum absolute atomic E-state index is 14.6. The van der Waals surface area contributed by atoms with Crippen LogP contribution in [0, 0.1) is 66.0 Å². The zero-order chi connectivity index (χ0) is 29.3. The fourth-order valence-electron chi connectivity index (χ4n) is 14.0. The quantitative estimate of drug-likeness (QED) is 0.463. The Labute approximate surface area is 248 Å². The number of halogens is 1. The van der Waals surface area contributed by atoms with Crippen LogP contribution in [0.1, 0.15) is 42.3 Å². The van der Waals surface area contributed by atoms with E-state index in [2.05, 4.69) is 21.7 Å². The van der Waals surface area contributed by atoms with Crippen molar-refractivity contribution >= 4 is 5.91 Å². The Kier molecular flexibility index (Phi) is 3.68. The summed E-state index contributed by atoms with van der Waals surface area (Å²) >= 11 is 0. The topological polar surface area (TPSA) is 86.3 Å². The molecule has 222 valence electrons. The Hall–Kier alpha value is -3.24. The molecule has 0 radical (unpaired) electrons. The summed E-state index contributed by atoms with van der Waals surface area (Å²) in [6.07, 6.45) is 4.75. The van der Waals surface area contributed by atoms with Crippen molar-refractivity contribution in [1.29, 1.82) is 0 Å². The number of rotatable bonds is 7. The van der Waals surface area contributed by atoms with Gasteiger partial charge in [0.15, 0.2) is 0 Å². The number of hydrogen-bond acceptors (Lipinski definition) is 5. The Bertz CT molecular complexity index is 1900. The van der Waals surface area contributed by atoms with Gasteiger partial charge in [0, 0.05) is 57.5 Å². The number of imidazole rings is 1. The van der Waals surface area contributed by atoms with Gasteiger partial charge in [-0.05, 0) is 90.4 Å². The molecule has 9 nitrogen and oxygen atoms in total. The second-order valence-corrected chi connectivity index (χ2v) is 15.0. The van der Waals surface area contributed by atoms with Gasteiger partial charge >= 0.3 is 5.69 Å². The van der Waals surface area contributed by atoms with E-state index >= 15 is 0 Å². The van der Waals surface area contributed by atoms with Gasteiger partial charge < -0.3 is 15.0 Å². The molecule has 7 saturated carbocycles. The van der Waals surface area contributed by atoms with Crippen LogP contribution >= 0.6 is 0 Å². The average Bonchev–Trinajstić information content (AvgIpc) is 3.73. The van der Waals surface area contributed by atoms with E-state index in [1.165, 1.54) is 0 Å². The molecule has 1 N–H and O–H groups in total. The maximum Gasteiger partial charge on any atom is 0.334 e. The fourth-order valence-corrected chi connectivity index (χ4v) is 14.0. The van der Waals surface area contributed by atoms with E-state index in [0.717, 1.165) is 35.7 Å². The smallest absolute Gasteiger partial charge is 0.334 e. The van der Waals surface area contributed by atoms with Crippen molar-refractivity contribution in [2.24, 2.45) is 46.3 Å². The number of methoxy groups -OCH3 is 1. The molecule has 7 aliphatic carbocycles. The number of ether oxygens (including phenoxy) is 1. The number of benzene rings is 1. The lowest BCUT2D eigenvalue weighted by atomic mass is 9.19. The van der Waals surface area contributed by atoms with Crippen molar-refractivity contribution in [2.45, 2.75) is 51.2 Å². The first-order chi connectivity index (χ1) is 20.7. The van der Waals surface area contributed by atoms with E-state index in [4.69, 9.17) is 9.84 Å². The highest BCUT2D eigenvalue weighted by Crippen LogP contribution is 3.28. The summed E-state index contributed by atoms with van der Waals surface area (Å²) < 4.78 is 25.8. The second-order valence-electron chi connectivity index (χ2n) is 15.0. The van der Waals surface area contributed by atoms with Gasteiger partial charge in [-0.15, -0.1) is 0 Å². The molecular weight excluding hydrogens is 547 g/mol. The minimum absolute atomic E-state index is 0.00330. The van der Waals surface area contributed by atoms with Crippen molar-refractivity contribution in [3.63, 3.8) is 0 Å². The Morgan fingerprint density at radius 3 is 2.49 bits per heavy atom. The molecule has 7 fully saturated rings. The lowest BCUT2D eigenvalue weighted by Crippen LogP contribution is -2.92. The normalized spacial score (nSPS) is 44.8. The van der Waals surface area contributed by atoms with Gasteiger partial charge in [-0.2, -0.15) is 5.10 Å². The van der Waals surface area contributed by atoms with Crippen molar-refractivity contribution in [3.05, 3.63) is 63.2 Å². The number of nitrogens with zero attached hydrogens (tertiary/aromatic N) is 5. The number of fused-ring (bicyclic) bond motifs is 7. The Morgan fingerprint density at radius 1 is 1.14 bits per heavy atom. The van der Waals surface area contributed by atoms with Crippen LogP contribution < -0.4 is 11.0 Å². The number of nitrogens with one attached hydrogen (secondary N) is 1. The first kappa shape index (κ1) is 24.1. The molecule has 10 heteroatoms. The molecule has 7 unspecified atom stereocenters. The summed E-state index contributed by atoms with van der Waals surface area (Å²) in [6.45, 7) is 9.46. The number of carbonyl (C=O) groups is 1. The highest BCUT2D eigenvalue weighted by Gasteiger charge is 3.31. The van der Waals surface area contributed by atoms with Crippen LogP contribution in [0.3, 0.4) is 0 Å². The minimum Gasteiger partial charge on any atom is -0.383 e. The van der Waals surface area contributed by atoms with Crippen LogP contribution in [0.25, 0.3) is 11.5 Å². The lowest BCUT2D eigenvalue weighted by Gasteiger charge is -2.87. The standard InChI is InChI=1S/C33H35FN6O3/c1-14-12-18(13-15(2)21(14)34)40-26(20-16(3)35-7-6-19(20)36-40)37-8-9-39(29(37)42)33-24-22-30(24)27-31(28(30)33)23(25(31)33)32(22,27)38(17(4)41)10-11-43-5/h8-9,12-13,16,22-25,27-28,35H,6-7,10-11H2,1-5H3. The average molecular weight is 583 g/mol. The maximum atomic E-state index is 14.6. The van der Waals surface area contributed by atoms with Gasteiger partial charge in [0.2, 0.25) is 5.91 Å². The predicted molar refractivity (Wildman–Crippen MR) is 152 cm³/mol. The largest absolute Gasteiger partial charge is 0.383 e. The van der Waals surface area contributed by atoms with E-state index in [1.807, 2.05) is 29.2 Å². The summed E-state index contributed by atoms with van der Waals surface area (Å²) in [5, 5.41) is 8.58. The molecule has 2 aromatic heterocycles. The summed E-state index contributed by atoms with van der Waals surface area (Å²) in [4.78, 5) is 29.7. The Balaban J connectivity index is 1.03. The minimum atomic E-state index is -0.208. The third kappa shape index (κ3) is 1.86. The molecule has 1 aliphatic heterocycles. The number of aromatic nitrogens is 4. The molecule has 2 spiro atoms. The number of hydrogen-bond donors (Lipinski definition) is 1. The summed E-state index contributed by atoms with van der Waals surface area (Å²) in [5.41, 5.74) is 4.63. The number of amides is 1. The van der Waals surface area contributed by atoms with Crippen molar-refractivity contribution < 1.29 is 13.9 Å². The summed E-state index contributed by atoms with van der Waals surface area (Å²) in [6, 6.07) is 3.69. The summed E-state index contributed by atoms with van der Waals surface area (Å²) in [5.74, 6) is 4.02. The molecule has 0 saturated heterocycles. The van der Waals surface area contributed by atoms with Gasteiger partial charge in [0.1, 0.15) is 11.6 Å². The van der Waals surface area contributed by atoms with Gasteiger partial charge in [-0.25, -0.2) is 13.9 Å². The van der Waals surface area contributed by atoms with Crippen LogP contribution in [0.2, 0.25) is 0 Å². The molecule has 7 atom stereocenters. The molecule has 1 aromatic carbocycles. The van der Waals surface area contributed by atoms with E-state index in [0.29, 0.717) is 70.6 Å². The molecular formula is C33H35FN6O3. The molecule has 43 heavy (non-hydrogen) atoms. The van der Waals surface area contributed by atoms with Gasteiger partial charge in [-0.3, -0.25) is 13.9 Å². The van der Waals surface area contributed by atoms with Crippen molar-refractivity contribution in [2.75, 3.05) is 26.8 Å². The van der Waals surface area contributed by atoms with Crippen LogP contribution in [0.15, 0.2) is 29.3 Å². The SMILES string of the molecule is COCCN(C(C)=O)C12C3C4C35C1C13C2C1C4(n1ccn(-c2c4c(nn2-c2cc(C)c(F)c(C)c2)CCNC4C)c1=O)C53. The fraction of sp³-hybridized carbons (Fsp3) is 0.606. The van der Waals surface area contributed by atoms with Crippen molar-refractivity contribution in [3.8, 4) is 11.5 Å². The molecule has 11 rings (SSSR count). The first-order valence-corrected chi connectivity index (χ1v) is 15.9. The van der Waals surface area contributed by atoms with Crippen LogP contribution in [0.5, 0.6) is 0 Å². The lowest BCUT2D eigenvalue weighted by molar-refractivity contribution is -0.404.